The highest BCUT2D eigenvalue weighted by Gasteiger charge is 2.25. The van der Waals surface area contributed by atoms with Gasteiger partial charge in [0.2, 0.25) is 0 Å². The lowest BCUT2D eigenvalue weighted by Gasteiger charge is -2.18. The van der Waals surface area contributed by atoms with E-state index in [1.165, 1.54) is 18.2 Å². The maximum atomic E-state index is 14.1. The first-order chi connectivity index (χ1) is 10.7. The number of ether oxygens (including phenoxy) is 3. The molecule has 1 saturated heterocycles. The Hall–Kier alpha value is -1.72. The second-order valence-corrected chi connectivity index (χ2v) is 5.01. The SMILES string of the molecule is CCOC(=O)C=Cc1c(F)cccc1[C@@H](CC)OC[C@H]1CO1. The van der Waals surface area contributed by atoms with Crippen LogP contribution in [0.1, 0.15) is 37.5 Å². The Morgan fingerprint density at radius 2 is 2.27 bits per heavy atom. The standard InChI is InChI=1S/C17H21FO4/c1-3-16(22-11-12-10-21-12)14-6-5-7-15(18)13(14)8-9-17(19)20-4-2/h5-9,12,16H,3-4,10-11H2,1-2H3/t12-,16-/m1/s1. The Morgan fingerprint density at radius 3 is 2.91 bits per heavy atom. The Bertz CT molecular complexity index is 537. The van der Waals surface area contributed by atoms with Crippen molar-refractivity contribution in [3.8, 4) is 0 Å². The topological polar surface area (TPSA) is 48.1 Å². The smallest absolute Gasteiger partial charge is 0.330 e. The molecule has 2 rings (SSSR count). The van der Waals surface area contributed by atoms with Crippen LogP contribution >= 0.6 is 0 Å². The van der Waals surface area contributed by atoms with E-state index in [1.54, 1.807) is 13.0 Å². The van der Waals surface area contributed by atoms with Gasteiger partial charge in [0.25, 0.3) is 0 Å². The fourth-order valence-corrected chi connectivity index (χ4v) is 2.17. The third-order valence-electron chi connectivity index (χ3n) is 3.36. The molecule has 1 aliphatic heterocycles. The van der Waals surface area contributed by atoms with E-state index in [2.05, 4.69) is 0 Å². The van der Waals surface area contributed by atoms with Gasteiger partial charge in [0.15, 0.2) is 0 Å². The van der Waals surface area contributed by atoms with E-state index in [0.29, 0.717) is 18.6 Å². The quantitative estimate of drug-likeness (QED) is 0.420. The average Bonchev–Trinajstić information content (AvgIpc) is 3.31. The molecule has 0 N–H and O–H groups in total. The van der Waals surface area contributed by atoms with Crippen molar-refractivity contribution in [3.05, 3.63) is 41.2 Å². The number of rotatable bonds is 8. The highest BCUT2D eigenvalue weighted by atomic mass is 19.1. The molecule has 0 spiro atoms. The molecule has 1 aromatic rings. The van der Waals surface area contributed by atoms with E-state index >= 15 is 0 Å². The molecule has 0 aromatic heterocycles. The van der Waals surface area contributed by atoms with Crippen molar-refractivity contribution >= 4 is 12.0 Å². The number of esters is 1. The molecular formula is C17H21FO4. The van der Waals surface area contributed by atoms with Gasteiger partial charge >= 0.3 is 5.97 Å². The van der Waals surface area contributed by atoms with E-state index in [-0.39, 0.29) is 24.6 Å². The summed E-state index contributed by atoms with van der Waals surface area (Å²) in [6, 6.07) is 4.83. The predicted molar refractivity (Wildman–Crippen MR) is 80.8 cm³/mol. The Labute approximate surface area is 129 Å². The summed E-state index contributed by atoms with van der Waals surface area (Å²) in [6.45, 7) is 5.20. The summed E-state index contributed by atoms with van der Waals surface area (Å²) in [6.07, 6.45) is 3.31. The zero-order valence-corrected chi connectivity index (χ0v) is 12.9. The molecule has 5 heteroatoms. The molecule has 1 heterocycles. The molecule has 0 unspecified atom stereocenters. The molecule has 1 fully saturated rings. The van der Waals surface area contributed by atoms with Crippen molar-refractivity contribution in [1.82, 2.24) is 0 Å². The van der Waals surface area contributed by atoms with Crippen LogP contribution in [0.2, 0.25) is 0 Å². The highest BCUT2D eigenvalue weighted by molar-refractivity contribution is 5.87. The fraction of sp³-hybridized carbons (Fsp3) is 0.471. The number of hydrogen-bond acceptors (Lipinski definition) is 4. The van der Waals surface area contributed by atoms with Crippen LogP contribution in [0.3, 0.4) is 0 Å². The third-order valence-corrected chi connectivity index (χ3v) is 3.36. The summed E-state index contributed by atoms with van der Waals surface area (Å²) >= 11 is 0. The lowest BCUT2D eigenvalue weighted by molar-refractivity contribution is -0.137. The summed E-state index contributed by atoms with van der Waals surface area (Å²) in [5, 5.41) is 0. The molecule has 22 heavy (non-hydrogen) atoms. The van der Waals surface area contributed by atoms with Gasteiger partial charge in [-0.05, 0) is 31.1 Å². The lowest BCUT2D eigenvalue weighted by Crippen LogP contribution is -2.10. The predicted octanol–water partition coefficient (Wildman–Crippen LogP) is 3.27. The molecule has 1 aromatic carbocycles. The molecule has 120 valence electrons. The molecule has 0 saturated carbocycles. The fourth-order valence-electron chi connectivity index (χ4n) is 2.17. The zero-order chi connectivity index (χ0) is 15.9. The van der Waals surface area contributed by atoms with Crippen LogP contribution in [0.15, 0.2) is 24.3 Å². The maximum absolute atomic E-state index is 14.1. The van der Waals surface area contributed by atoms with Crippen LogP contribution in [-0.2, 0) is 19.0 Å². The molecule has 0 bridgehead atoms. The number of carbonyl (C=O) groups is 1. The summed E-state index contributed by atoms with van der Waals surface area (Å²) in [7, 11) is 0. The van der Waals surface area contributed by atoms with E-state index in [4.69, 9.17) is 14.2 Å². The Kier molecular flexibility index (Phi) is 6.10. The van der Waals surface area contributed by atoms with Crippen molar-refractivity contribution in [2.75, 3.05) is 19.8 Å². The largest absolute Gasteiger partial charge is 0.463 e. The van der Waals surface area contributed by atoms with Crippen LogP contribution in [0.4, 0.5) is 4.39 Å². The van der Waals surface area contributed by atoms with Gasteiger partial charge in [0.05, 0.1) is 25.9 Å². The summed E-state index contributed by atoms with van der Waals surface area (Å²) < 4.78 is 29.9. The maximum Gasteiger partial charge on any atom is 0.330 e. The minimum Gasteiger partial charge on any atom is -0.463 e. The van der Waals surface area contributed by atoms with Gasteiger partial charge in [0.1, 0.15) is 11.9 Å². The molecule has 0 amide bonds. The van der Waals surface area contributed by atoms with Crippen molar-refractivity contribution in [2.24, 2.45) is 0 Å². The van der Waals surface area contributed by atoms with Crippen molar-refractivity contribution in [3.63, 3.8) is 0 Å². The van der Waals surface area contributed by atoms with Gasteiger partial charge in [0, 0.05) is 11.6 Å². The highest BCUT2D eigenvalue weighted by Crippen LogP contribution is 2.28. The number of hydrogen-bond donors (Lipinski definition) is 0. The van der Waals surface area contributed by atoms with Gasteiger partial charge in [-0.25, -0.2) is 9.18 Å². The molecule has 2 atom stereocenters. The third kappa shape index (κ3) is 4.64. The first-order valence-corrected chi connectivity index (χ1v) is 7.52. The zero-order valence-electron chi connectivity index (χ0n) is 12.9. The van der Waals surface area contributed by atoms with Gasteiger partial charge in [-0.2, -0.15) is 0 Å². The summed E-state index contributed by atoms with van der Waals surface area (Å²) in [5.41, 5.74) is 1.09. The first kappa shape index (κ1) is 16.6. The average molecular weight is 308 g/mol. The lowest BCUT2D eigenvalue weighted by atomic mass is 9.99. The minimum absolute atomic E-state index is 0.154. The van der Waals surface area contributed by atoms with Gasteiger partial charge < -0.3 is 14.2 Å². The van der Waals surface area contributed by atoms with Crippen LogP contribution in [0.25, 0.3) is 6.08 Å². The van der Waals surface area contributed by atoms with Crippen molar-refractivity contribution in [2.45, 2.75) is 32.5 Å². The van der Waals surface area contributed by atoms with Crippen LogP contribution in [-0.4, -0.2) is 31.9 Å². The van der Waals surface area contributed by atoms with E-state index < -0.39 is 5.97 Å². The first-order valence-electron chi connectivity index (χ1n) is 7.52. The summed E-state index contributed by atoms with van der Waals surface area (Å²) in [4.78, 5) is 11.4. The van der Waals surface area contributed by atoms with Gasteiger partial charge in [-0.3, -0.25) is 0 Å². The molecule has 0 aliphatic carbocycles. The minimum atomic E-state index is -0.489. The van der Waals surface area contributed by atoms with Crippen LogP contribution in [0.5, 0.6) is 0 Å². The van der Waals surface area contributed by atoms with E-state index in [1.807, 2.05) is 13.0 Å². The molecular weight excluding hydrogens is 287 g/mol. The van der Waals surface area contributed by atoms with Gasteiger partial charge in [-0.15, -0.1) is 0 Å². The van der Waals surface area contributed by atoms with Gasteiger partial charge in [-0.1, -0.05) is 19.1 Å². The number of carbonyl (C=O) groups excluding carboxylic acids is 1. The second-order valence-electron chi connectivity index (χ2n) is 5.01. The van der Waals surface area contributed by atoms with E-state index in [9.17, 15) is 9.18 Å². The van der Waals surface area contributed by atoms with Crippen molar-refractivity contribution in [1.29, 1.82) is 0 Å². The molecule has 1 aliphatic rings. The Morgan fingerprint density at radius 1 is 1.50 bits per heavy atom. The molecule has 4 nitrogen and oxygen atoms in total. The number of epoxide rings is 1. The van der Waals surface area contributed by atoms with E-state index in [0.717, 1.165) is 12.2 Å². The van der Waals surface area contributed by atoms with Crippen LogP contribution in [0, 0.1) is 5.82 Å². The van der Waals surface area contributed by atoms with Crippen LogP contribution < -0.4 is 0 Å². The number of benzene rings is 1. The van der Waals surface area contributed by atoms with Crippen molar-refractivity contribution < 1.29 is 23.4 Å². The second kappa shape index (κ2) is 8.06. The Balaban J connectivity index is 2.17. The molecule has 0 radical (unpaired) electrons. The number of halogens is 1. The summed E-state index contributed by atoms with van der Waals surface area (Å²) in [5.74, 6) is -0.875. The monoisotopic (exact) mass is 308 g/mol. The normalized spacial score (nSPS) is 18.4.